The zero-order valence-corrected chi connectivity index (χ0v) is 22.3. The smallest absolute Gasteiger partial charge is 0.237 e. The number of nitrogens with one attached hydrogen (secondary N) is 1. The molecule has 192 valence electrons. The normalized spacial score (nSPS) is 15.2. The van der Waals surface area contributed by atoms with Crippen molar-refractivity contribution < 1.29 is 19.0 Å². The molecule has 0 bridgehead atoms. The number of hydrogen-bond acceptors (Lipinski definition) is 8. The van der Waals surface area contributed by atoms with Gasteiger partial charge in [-0.3, -0.25) is 9.20 Å². The standard InChI is InChI=1S/C27H29N5O4S/c1-16(25(33)28-18-8-12-20(35-5)13-9-18)37-26-31-30-24-21-15-36-27(2,3)14-22(21)29-23(32(24)26)17-6-10-19(34-4)11-7-17/h6-13,16H,14-15H2,1-5H3,(H,28,33)/t16-/m1/s1. The Morgan fingerprint density at radius 2 is 1.70 bits per heavy atom. The number of benzene rings is 2. The van der Waals surface area contributed by atoms with Crippen molar-refractivity contribution in [3.63, 3.8) is 0 Å². The summed E-state index contributed by atoms with van der Waals surface area (Å²) in [5, 5.41) is 12.1. The number of ether oxygens (including phenoxy) is 3. The lowest BCUT2D eigenvalue weighted by atomic mass is 9.96. The van der Waals surface area contributed by atoms with E-state index in [-0.39, 0.29) is 11.5 Å². The minimum absolute atomic E-state index is 0.145. The van der Waals surface area contributed by atoms with Crippen LogP contribution in [0.2, 0.25) is 0 Å². The largest absolute Gasteiger partial charge is 0.497 e. The van der Waals surface area contributed by atoms with Gasteiger partial charge in [-0.25, -0.2) is 4.98 Å². The van der Waals surface area contributed by atoms with Crippen molar-refractivity contribution in [1.29, 1.82) is 0 Å². The molecule has 0 aliphatic carbocycles. The first-order valence-corrected chi connectivity index (χ1v) is 12.8. The van der Waals surface area contributed by atoms with Crippen molar-refractivity contribution in [1.82, 2.24) is 19.6 Å². The summed E-state index contributed by atoms with van der Waals surface area (Å²) in [7, 11) is 3.24. The third-order valence-electron chi connectivity index (χ3n) is 6.26. The molecule has 10 heteroatoms. The molecule has 1 amide bonds. The van der Waals surface area contributed by atoms with Gasteiger partial charge in [-0.05, 0) is 69.3 Å². The van der Waals surface area contributed by atoms with Crippen LogP contribution in [0.4, 0.5) is 5.69 Å². The van der Waals surface area contributed by atoms with Crippen molar-refractivity contribution in [2.45, 2.75) is 49.8 Å². The average Bonchev–Trinajstić information content (AvgIpc) is 3.31. The van der Waals surface area contributed by atoms with Crippen LogP contribution in [0.5, 0.6) is 11.5 Å². The fourth-order valence-electron chi connectivity index (χ4n) is 4.19. The van der Waals surface area contributed by atoms with E-state index in [2.05, 4.69) is 29.4 Å². The number of rotatable bonds is 7. The van der Waals surface area contributed by atoms with Crippen LogP contribution in [0, 0.1) is 0 Å². The van der Waals surface area contributed by atoms with Gasteiger partial charge < -0.3 is 19.5 Å². The monoisotopic (exact) mass is 519 g/mol. The summed E-state index contributed by atoms with van der Waals surface area (Å²) in [4.78, 5) is 18.1. The number of nitrogens with zero attached hydrogens (tertiary/aromatic N) is 4. The first kappa shape index (κ1) is 25.0. The zero-order chi connectivity index (χ0) is 26.2. The minimum Gasteiger partial charge on any atom is -0.497 e. The Morgan fingerprint density at radius 1 is 1.05 bits per heavy atom. The van der Waals surface area contributed by atoms with Gasteiger partial charge in [0.25, 0.3) is 0 Å². The molecule has 0 fully saturated rings. The van der Waals surface area contributed by atoms with E-state index < -0.39 is 5.25 Å². The van der Waals surface area contributed by atoms with Gasteiger partial charge in [0.05, 0.1) is 37.4 Å². The van der Waals surface area contributed by atoms with Crippen molar-refractivity contribution >= 4 is 29.0 Å². The first-order valence-electron chi connectivity index (χ1n) is 11.9. The lowest BCUT2D eigenvalue weighted by Gasteiger charge is -2.31. The van der Waals surface area contributed by atoms with Gasteiger partial charge >= 0.3 is 0 Å². The third kappa shape index (κ3) is 5.12. The Hall–Kier alpha value is -3.63. The molecule has 2 aromatic heterocycles. The molecular weight excluding hydrogens is 490 g/mol. The van der Waals surface area contributed by atoms with E-state index in [0.29, 0.717) is 35.3 Å². The quantitative estimate of drug-likeness (QED) is 0.348. The molecule has 4 aromatic rings. The molecule has 0 saturated carbocycles. The summed E-state index contributed by atoms with van der Waals surface area (Å²) in [6, 6.07) is 14.9. The third-order valence-corrected chi connectivity index (χ3v) is 7.30. The Balaban J connectivity index is 1.50. The van der Waals surface area contributed by atoms with Crippen LogP contribution in [0.3, 0.4) is 0 Å². The van der Waals surface area contributed by atoms with E-state index in [1.807, 2.05) is 35.6 Å². The summed E-state index contributed by atoms with van der Waals surface area (Å²) in [5.74, 6) is 2.05. The predicted molar refractivity (Wildman–Crippen MR) is 142 cm³/mol. The summed E-state index contributed by atoms with van der Waals surface area (Å²) >= 11 is 1.33. The van der Waals surface area contributed by atoms with Crippen LogP contribution in [-0.4, -0.2) is 50.6 Å². The second-order valence-corrected chi connectivity index (χ2v) is 10.7. The molecule has 3 heterocycles. The maximum atomic E-state index is 13.0. The van der Waals surface area contributed by atoms with Crippen LogP contribution in [0.1, 0.15) is 32.0 Å². The lowest BCUT2D eigenvalue weighted by molar-refractivity contribution is -0.115. The summed E-state index contributed by atoms with van der Waals surface area (Å²) in [5.41, 5.74) is 3.83. The fraction of sp³-hybridized carbons (Fsp3) is 0.333. The highest BCUT2D eigenvalue weighted by Crippen LogP contribution is 2.35. The Bertz CT molecular complexity index is 1430. The molecular formula is C27H29N5O4S. The molecule has 0 radical (unpaired) electrons. The molecule has 0 spiro atoms. The van der Waals surface area contributed by atoms with Gasteiger partial charge in [-0.2, -0.15) is 0 Å². The van der Waals surface area contributed by atoms with E-state index in [0.717, 1.165) is 28.3 Å². The molecule has 1 atom stereocenters. The van der Waals surface area contributed by atoms with Crippen molar-refractivity contribution in [2.75, 3.05) is 19.5 Å². The molecule has 2 aromatic carbocycles. The second kappa shape index (κ2) is 10.0. The maximum absolute atomic E-state index is 13.0. The number of fused-ring (bicyclic) bond motifs is 3. The van der Waals surface area contributed by atoms with E-state index in [9.17, 15) is 4.79 Å². The number of aromatic nitrogens is 4. The van der Waals surface area contributed by atoms with Crippen molar-refractivity contribution in [2.24, 2.45) is 0 Å². The highest BCUT2D eigenvalue weighted by atomic mass is 32.2. The summed E-state index contributed by atoms with van der Waals surface area (Å²) in [6.45, 7) is 6.36. The van der Waals surface area contributed by atoms with Crippen LogP contribution >= 0.6 is 11.8 Å². The minimum atomic E-state index is -0.440. The van der Waals surface area contributed by atoms with E-state index in [1.54, 1.807) is 38.5 Å². The second-order valence-electron chi connectivity index (χ2n) is 9.43. The molecule has 0 saturated heterocycles. The van der Waals surface area contributed by atoms with Crippen molar-refractivity contribution in [3.05, 3.63) is 59.8 Å². The molecule has 9 nitrogen and oxygen atoms in total. The number of methoxy groups -OCH3 is 2. The number of carbonyl (C=O) groups excluding carboxylic acids is 1. The number of carbonyl (C=O) groups is 1. The van der Waals surface area contributed by atoms with Gasteiger partial charge in [-0.1, -0.05) is 11.8 Å². The fourth-order valence-corrected chi connectivity index (χ4v) is 5.04. The number of anilines is 1. The topological polar surface area (TPSA) is 99.9 Å². The highest BCUT2D eigenvalue weighted by molar-refractivity contribution is 8.00. The predicted octanol–water partition coefficient (Wildman–Crippen LogP) is 4.78. The number of amides is 1. The molecule has 1 aliphatic heterocycles. The molecule has 5 rings (SSSR count). The van der Waals surface area contributed by atoms with E-state index in [1.165, 1.54) is 11.8 Å². The Labute approximate surface area is 219 Å². The summed E-state index contributed by atoms with van der Waals surface area (Å²) < 4.78 is 18.5. The molecule has 1 N–H and O–H groups in total. The number of hydrogen-bond donors (Lipinski definition) is 1. The molecule has 1 aliphatic rings. The lowest BCUT2D eigenvalue weighted by Crippen LogP contribution is -2.33. The SMILES string of the molecule is COc1ccc(NC(=O)[C@@H](C)Sc2nnc3c4c(nc(-c5ccc(OC)cc5)n23)CC(C)(C)OC4)cc1. The van der Waals surface area contributed by atoms with Gasteiger partial charge in [0, 0.05) is 23.2 Å². The van der Waals surface area contributed by atoms with Crippen molar-refractivity contribution in [3.8, 4) is 22.9 Å². The zero-order valence-electron chi connectivity index (χ0n) is 21.4. The average molecular weight is 520 g/mol. The van der Waals surface area contributed by atoms with Gasteiger partial charge in [-0.15, -0.1) is 10.2 Å². The van der Waals surface area contributed by atoms with Crippen LogP contribution < -0.4 is 14.8 Å². The highest BCUT2D eigenvalue weighted by Gasteiger charge is 2.31. The van der Waals surface area contributed by atoms with Crippen LogP contribution in [-0.2, 0) is 22.6 Å². The Morgan fingerprint density at radius 3 is 2.35 bits per heavy atom. The van der Waals surface area contributed by atoms with E-state index >= 15 is 0 Å². The van der Waals surface area contributed by atoms with Crippen LogP contribution in [0.25, 0.3) is 17.0 Å². The van der Waals surface area contributed by atoms with Gasteiger partial charge in [0.1, 0.15) is 17.3 Å². The van der Waals surface area contributed by atoms with Gasteiger partial charge in [0.15, 0.2) is 10.8 Å². The Kier molecular flexibility index (Phi) is 6.78. The molecule has 0 unspecified atom stereocenters. The molecule has 37 heavy (non-hydrogen) atoms. The van der Waals surface area contributed by atoms with E-state index in [4.69, 9.17) is 19.2 Å². The maximum Gasteiger partial charge on any atom is 0.237 e. The summed E-state index contributed by atoms with van der Waals surface area (Å²) in [6.07, 6.45) is 0.665. The van der Waals surface area contributed by atoms with Gasteiger partial charge in [0.2, 0.25) is 5.91 Å². The first-order chi connectivity index (χ1) is 17.8. The number of thioether (sulfide) groups is 1. The van der Waals surface area contributed by atoms with Crippen LogP contribution in [0.15, 0.2) is 53.7 Å².